The molecule has 0 fully saturated rings. The molecule has 0 radical (unpaired) electrons. The maximum atomic E-state index is 2.53. The summed E-state index contributed by atoms with van der Waals surface area (Å²) in [6, 6.07) is 8.52. The Hall–Kier alpha value is 0.501. The van der Waals surface area contributed by atoms with Crippen LogP contribution >= 0.6 is 0 Å². The van der Waals surface area contributed by atoms with E-state index in [-0.39, 0.29) is 46.7 Å². The number of hydrogen-bond acceptors (Lipinski definition) is 0. The van der Waals surface area contributed by atoms with Gasteiger partial charge < -0.3 is 37.2 Å². The van der Waals surface area contributed by atoms with E-state index >= 15 is 0 Å². The molecule has 0 heterocycles. The van der Waals surface area contributed by atoms with Crippen molar-refractivity contribution in [2.24, 2.45) is 0 Å². The van der Waals surface area contributed by atoms with Crippen molar-refractivity contribution >= 4 is 14.7 Å². The second kappa shape index (κ2) is 12.9. The summed E-state index contributed by atoms with van der Waals surface area (Å²) in [5.41, 5.74) is 9.41. The molecule has 1 aromatic carbocycles. The molecule has 1 aliphatic rings. The maximum absolute atomic E-state index is 2.53. The Morgan fingerprint density at radius 1 is 0.852 bits per heavy atom. The largest absolute Gasteiger partial charge is 1.00 e. The molecule has 1 aromatic rings. The number of unbranched alkanes of at least 4 members (excludes halogenated alkanes) is 2. The van der Waals surface area contributed by atoms with Gasteiger partial charge in [0.1, 0.15) is 0 Å². The molecule has 0 saturated carbocycles. The first-order valence-corrected chi connectivity index (χ1v) is 12.0. The molecule has 150 valence electrons. The van der Waals surface area contributed by atoms with Crippen LogP contribution in [0.15, 0.2) is 40.5 Å². The second-order valence-electron chi connectivity index (χ2n) is 7.71. The fourth-order valence-corrected chi connectivity index (χ4v) is 7.85. The van der Waals surface area contributed by atoms with Crippen LogP contribution in [0.25, 0.3) is 0 Å². The Morgan fingerprint density at radius 3 is 1.93 bits per heavy atom. The van der Waals surface area contributed by atoms with Gasteiger partial charge in [-0.25, -0.2) is 0 Å². The molecule has 0 nitrogen and oxygen atoms in total. The molecule has 0 saturated heterocycles. The molecule has 2 rings (SSSR count). The van der Waals surface area contributed by atoms with Crippen LogP contribution in [-0.4, -0.2) is 9.52 Å². The van der Waals surface area contributed by atoms with Crippen molar-refractivity contribution in [3.05, 3.63) is 51.6 Å². The summed E-state index contributed by atoms with van der Waals surface area (Å²) >= 11 is 2.53. The fourth-order valence-electron chi connectivity index (χ4n) is 4.21. The van der Waals surface area contributed by atoms with Crippen molar-refractivity contribution in [3.8, 4) is 0 Å². The van der Waals surface area contributed by atoms with Crippen LogP contribution in [0.2, 0.25) is 9.76 Å². The SMILES string of the molecule is CCCCCC1=C(C)C(C)=C(C)[C]1([Ti+3])C[SiH2]c1cc(C)cc(C)c1.[Cl-].[Cl-].[Cl-]. The molecule has 0 amide bonds. The summed E-state index contributed by atoms with van der Waals surface area (Å²) in [6.07, 6.45) is 5.32. The van der Waals surface area contributed by atoms with Crippen molar-refractivity contribution in [1.82, 2.24) is 0 Å². The Balaban J connectivity index is 0. The third-order valence-corrected chi connectivity index (χ3v) is 10.0. The number of halogens is 3. The average Bonchev–Trinajstić information content (AvgIpc) is 2.68. The van der Waals surface area contributed by atoms with Crippen molar-refractivity contribution in [2.45, 2.75) is 77.0 Å². The van der Waals surface area contributed by atoms with Gasteiger partial charge >= 0.3 is 164 Å². The zero-order valence-electron chi connectivity index (χ0n) is 17.6. The predicted octanol–water partition coefficient (Wildman–Crippen LogP) is -3.52. The van der Waals surface area contributed by atoms with Crippen LogP contribution in [0.3, 0.4) is 0 Å². The summed E-state index contributed by atoms with van der Waals surface area (Å²) < 4.78 is 0.325. The standard InChI is InChI=1S/C22H33Si.3ClH.Ti/c1-7-8-9-10-21-18(5)17(4)19(6)22(21)14-23-20-12-15(2)11-16(3)13-20;;;;/h11-13H,7-10,14,23H2,1-6H3;3*1H;/q;;;;+3/p-3. The van der Waals surface area contributed by atoms with Gasteiger partial charge in [-0.3, -0.25) is 0 Å². The van der Waals surface area contributed by atoms with Crippen LogP contribution in [0.4, 0.5) is 0 Å². The monoisotopic (exact) mass is 478 g/mol. The van der Waals surface area contributed by atoms with E-state index < -0.39 is 0 Å². The van der Waals surface area contributed by atoms with Crippen LogP contribution < -0.4 is 42.4 Å². The minimum Gasteiger partial charge on any atom is -1.00 e. The van der Waals surface area contributed by atoms with Gasteiger partial charge in [0.2, 0.25) is 0 Å². The van der Waals surface area contributed by atoms with Crippen molar-refractivity contribution in [3.63, 3.8) is 0 Å². The van der Waals surface area contributed by atoms with Crippen LogP contribution in [0, 0.1) is 13.8 Å². The quantitative estimate of drug-likeness (QED) is 0.281. The van der Waals surface area contributed by atoms with Gasteiger partial charge in [0.05, 0.1) is 0 Å². The smallest absolute Gasteiger partial charge is 1.00 e. The van der Waals surface area contributed by atoms with E-state index in [1.54, 1.807) is 27.5 Å². The third-order valence-electron chi connectivity index (χ3n) is 5.83. The molecule has 5 heteroatoms. The summed E-state index contributed by atoms with van der Waals surface area (Å²) in [5, 5.41) is 1.64. The van der Waals surface area contributed by atoms with Gasteiger partial charge in [0.25, 0.3) is 0 Å². The number of hydrogen-bond donors (Lipinski definition) is 0. The van der Waals surface area contributed by atoms with Crippen LogP contribution in [0.1, 0.15) is 64.5 Å². The molecule has 1 atom stereocenters. The molecule has 0 bridgehead atoms. The van der Waals surface area contributed by atoms with E-state index in [1.807, 2.05) is 0 Å². The first-order chi connectivity index (χ1) is 11.3. The maximum Gasteiger partial charge on any atom is -1.00 e. The first kappa shape index (κ1) is 29.7. The summed E-state index contributed by atoms with van der Waals surface area (Å²) in [7, 11) is -0.246. The van der Waals surface area contributed by atoms with Gasteiger partial charge in [-0.1, -0.05) is 0 Å². The van der Waals surface area contributed by atoms with Crippen LogP contribution in [0.5, 0.6) is 0 Å². The molecule has 0 N–H and O–H groups in total. The van der Waals surface area contributed by atoms with Gasteiger partial charge in [0, 0.05) is 0 Å². The van der Waals surface area contributed by atoms with Gasteiger partial charge in [-0.2, -0.15) is 0 Å². The molecule has 0 aromatic heterocycles. The Morgan fingerprint density at radius 2 is 1.41 bits per heavy atom. The zero-order valence-corrected chi connectivity index (χ0v) is 22.9. The molecule has 0 aliphatic heterocycles. The molecule has 1 aliphatic carbocycles. The van der Waals surface area contributed by atoms with E-state index in [0.717, 1.165) is 0 Å². The van der Waals surface area contributed by atoms with Gasteiger partial charge in [-0.05, 0) is 0 Å². The molecule has 0 spiro atoms. The normalized spacial score (nSPS) is 19.3. The number of rotatable bonds is 7. The van der Waals surface area contributed by atoms with Gasteiger partial charge in [0.15, 0.2) is 0 Å². The summed E-state index contributed by atoms with van der Waals surface area (Å²) in [5.74, 6) is 0. The average molecular weight is 480 g/mol. The second-order valence-corrected chi connectivity index (χ2v) is 10.9. The molecule has 27 heavy (non-hydrogen) atoms. The minimum atomic E-state index is -0.246. The minimum absolute atomic E-state index is 0. The third kappa shape index (κ3) is 7.05. The van der Waals surface area contributed by atoms with Crippen LogP contribution in [-0.2, 0) is 20.4 Å². The Labute approximate surface area is 199 Å². The first-order valence-electron chi connectivity index (χ1n) is 9.50. The number of aryl methyl sites for hydroxylation is 2. The topological polar surface area (TPSA) is 0 Å². The van der Waals surface area contributed by atoms with Crippen molar-refractivity contribution in [1.29, 1.82) is 0 Å². The summed E-state index contributed by atoms with van der Waals surface area (Å²) in [4.78, 5) is 0. The number of allylic oxidation sites excluding steroid dienone is 4. The van der Waals surface area contributed by atoms with Gasteiger partial charge in [-0.15, -0.1) is 0 Å². The fraction of sp³-hybridized carbons (Fsp3) is 0.545. The van der Waals surface area contributed by atoms with Crippen molar-refractivity contribution in [2.75, 3.05) is 0 Å². The summed E-state index contributed by atoms with van der Waals surface area (Å²) in [6.45, 7) is 13.9. The molecular formula is C22H33Cl3SiTi. The zero-order chi connectivity index (χ0) is 17.9. The van der Waals surface area contributed by atoms with E-state index in [0.29, 0.717) is 3.72 Å². The van der Waals surface area contributed by atoms with E-state index in [2.05, 4.69) is 80.2 Å². The molecular weight excluding hydrogens is 447 g/mol. The predicted molar refractivity (Wildman–Crippen MR) is 107 cm³/mol. The van der Waals surface area contributed by atoms with E-state index in [1.165, 1.54) is 42.9 Å². The number of benzene rings is 1. The Kier molecular flexibility index (Phi) is 14.2. The Bertz CT molecular complexity index is 662. The molecule has 1 unspecified atom stereocenters. The van der Waals surface area contributed by atoms with E-state index in [9.17, 15) is 0 Å². The van der Waals surface area contributed by atoms with E-state index in [4.69, 9.17) is 0 Å². The van der Waals surface area contributed by atoms with Crippen molar-refractivity contribution < 1.29 is 57.7 Å².